The number of ether oxygens (including phenoxy) is 1. The number of halogens is 3. The molecule has 1 aromatic heterocycles. The summed E-state index contributed by atoms with van der Waals surface area (Å²) >= 11 is 0. The second-order valence-electron chi connectivity index (χ2n) is 3.10. The zero-order chi connectivity index (χ0) is 12.3. The molecule has 0 aliphatic heterocycles. The minimum absolute atomic E-state index is 0.0544. The molecule has 88 valence electrons. The topological polar surface area (TPSA) is 39.2 Å². The van der Waals surface area contributed by atoms with Gasteiger partial charge in [-0.2, -0.15) is 13.2 Å². The molecule has 1 aromatic rings. The number of esters is 1. The molecule has 6 heteroatoms. The molecule has 0 fully saturated rings. The molecule has 0 atom stereocenters. The minimum atomic E-state index is -4.58. The van der Waals surface area contributed by atoms with Gasteiger partial charge < -0.3 is 4.74 Å². The summed E-state index contributed by atoms with van der Waals surface area (Å²) in [6, 6.07) is 1.26. The Labute approximate surface area is 90.2 Å². The molecule has 0 N–H and O–H groups in total. The van der Waals surface area contributed by atoms with Gasteiger partial charge in [0, 0.05) is 13.1 Å². The molecular weight excluding hydrogens is 223 g/mol. The van der Waals surface area contributed by atoms with Gasteiger partial charge in [0.15, 0.2) is 0 Å². The third-order valence-electron chi connectivity index (χ3n) is 1.91. The van der Waals surface area contributed by atoms with Crippen molar-refractivity contribution in [2.75, 3.05) is 0 Å². The van der Waals surface area contributed by atoms with Gasteiger partial charge in [-0.25, -0.2) is 4.98 Å². The van der Waals surface area contributed by atoms with Crippen molar-refractivity contribution < 1.29 is 22.7 Å². The van der Waals surface area contributed by atoms with Crippen molar-refractivity contribution in [2.45, 2.75) is 26.4 Å². The van der Waals surface area contributed by atoms with Gasteiger partial charge in [0.2, 0.25) is 5.88 Å². The van der Waals surface area contributed by atoms with Crippen LogP contribution in [0.25, 0.3) is 0 Å². The lowest BCUT2D eigenvalue weighted by Crippen LogP contribution is -2.15. The summed E-state index contributed by atoms with van der Waals surface area (Å²) in [6.07, 6.45) is -3.21. The van der Waals surface area contributed by atoms with E-state index < -0.39 is 23.6 Å². The van der Waals surface area contributed by atoms with Gasteiger partial charge in [-0.05, 0) is 18.1 Å². The van der Waals surface area contributed by atoms with Crippen LogP contribution in [0.2, 0.25) is 0 Å². The SMILES string of the molecule is CCc1ccnc(OC(C)=O)c1C(F)(F)F. The van der Waals surface area contributed by atoms with Crippen LogP contribution in [0.1, 0.15) is 25.0 Å². The average Bonchev–Trinajstić information content (AvgIpc) is 2.14. The lowest BCUT2D eigenvalue weighted by molar-refractivity contribution is -0.142. The number of carbonyl (C=O) groups excluding carboxylic acids is 1. The van der Waals surface area contributed by atoms with Gasteiger partial charge in [-0.3, -0.25) is 4.79 Å². The number of alkyl halides is 3. The Morgan fingerprint density at radius 2 is 2.12 bits per heavy atom. The molecule has 0 aliphatic rings. The van der Waals surface area contributed by atoms with Crippen molar-refractivity contribution in [1.82, 2.24) is 4.98 Å². The number of carbonyl (C=O) groups is 1. The fourth-order valence-corrected chi connectivity index (χ4v) is 1.29. The Morgan fingerprint density at radius 3 is 2.56 bits per heavy atom. The van der Waals surface area contributed by atoms with Crippen LogP contribution in [0.3, 0.4) is 0 Å². The van der Waals surface area contributed by atoms with E-state index in [-0.39, 0.29) is 12.0 Å². The maximum absolute atomic E-state index is 12.7. The van der Waals surface area contributed by atoms with Crippen LogP contribution in [0.5, 0.6) is 5.88 Å². The first kappa shape index (κ1) is 12.5. The van der Waals surface area contributed by atoms with Crippen molar-refractivity contribution in [3.05, 3.63) is 23.4 Å². The molecule has 0 aliphatic carbocycles. The number of hydrogen-bond donors (Lipinski definition) is 0. The van der Waals surface area contributed by atoms with E-state index in [0.717, 1.165) is 6.92 Å². The van der Waals surface area contributed by atoms with Crippen molar-refractivity contribution >= 4 is 5.97 Å². The molecule has 0 bridgehead atoms. The summed E-state index contributed by atoms with van der Waals surface area (Å²) in [5.74, 6) is -1.51. The molecule has 1 heterocycles. The molecule has 3 nitrogen and oxygen atoms in total. The van der Waals surface area contributed by atoms with Gasteiger partial charge in [0.1, 0.15) is 5.56 Å². The minimum Gasteiger partial charge on any atom is -0.407 e. The van der Waals surface area contributed by atoms with E-state index in [1.54, 1.807) is 6.92 Å². The van der Waals surface area contributed by atoms with Crippen LogP contribution in [0.4, 0.5) is 13.2 Å². The van der Waals surface area contributed by atoms with Crippen LogP contribution >= 0.6 is 0 Å². The second-order valence-corrected chi connectivity index (χ2v) is 3.10. The molecular formula is C10H10F3NO2. The van der Waals surface area contributed by atoms with Crippen LogP contribution < -0.4 is 4.74 Å². The highest BCUT2D eigenvalue weighted by Crippen LogP contribution is 2.37. The predicted octanol–water partition coefficient (Wildman–Crippen LogP) is 2.59. The third kappa shape index (κ3) is 2.71. The molecule has 16 heavy (non-hydrogen) atoms. The third-order valence-corrected chi connectivity index (χ3v) is 1.91. The van der Waals surface area contributed by atoms with Gasteiger partial charge in [0.25, 0.3) is 0 Å². The summed E-state index contributed by atoms with van der Waals surface area (Å²) in [4.78, 5) is 14.1. The number of aryl methyl sites for hydroxylation is 1. The fourth-order valence-electron chi connectivity index (χ4n) is 1.29. The van der Waals surface area contributed by atoms with Crippen molar-refractivity contribution in [1.29, 1.82) is 0 Å². The van der Waals surface area contributed by atoms with Crippen molar-refractivity contribution in [3.8, 4) is 5.88 Å². The number of aromatic nitrogens is 1. The van der Waals surface area contributed by atoms with Crippen molar-refractivity contribution in [3.63, 3.8) is 0 Å². The summed E-state index contributed by atoms with van der Waals surface area (Å²) in [5.41, 5.74) is -0.925. The average molecular weight is 233 g/mol. The number of pyridine rings is 1. The normalized spacial score (nSPS) is 11.3. The monoisotopic (exact) mass is 233 g/mol. The lowest BCUT2D eigenvalue weighted by Gasteiger charge is -2.14. The number of hydrogen-bond acceptors (Lipinski definition) is 3. The molecule has 0 spiro atoms. The molecule has 1 rings (SSSR count). The molecule has 0 aromatic carbocycles. The maximum atomic E-state index is 12.7. The van der Waals surface area contributed by atoms with Crippen LogP contribution in [0.15, 0.2) is 12.3 Å². The number of nitrogens with zero attached hydrogens (tertiary/aromatic N) is 1. The Kier molecular flexibility index (Phi) is 3.51. The molecule has 0 saturated carbocycles. The fraction of sp³-hybridized carbons (Fsp3) is 0.400. The van der Waals surface area contributed by atoms with Gasteiger partial charge in [-0.1, -0.05) is 6.92 Å². The molecule has 0 saturated heterocycles. The summed E-state index contributed by atoms with van der Waals surface area (Å²) in [5, 5.41) is 0. The first-order chi connectivity index (χ1) is 7.36. The zero-order valence-corrected chi connectivity index (χ0v) is 8.76. The quantitative estimate of drug-likeness (QED) is 0.737. The Balaban J connectivity index is 3.32. The highest BCUT2D eigenvalue weighted by molar-refractivity contribution is 5.69. The Bertz CT molecular complexity index is 402. The van der Waals surface area contributed by atoms with E-state index in [9.17, 15) is 18.0 Å². The number of rotatable bonds is 2. The largest absolute Gasteiger partial charge is 0.421 e. The van der Waals surface area contributed by atoms with E-state index >= 15 is 0 Å². The summed E-state index contributed by atoms with van der Waals surface area (Å²) in [7, 11) is 0. The Morgan fingerprint density at radius 1 is 1.50 bits per heavy atom. The molecule has 0 radical (unpaired) electrons. The van der Waals surface area contributed by atoms with Crippen LogP contribution in [-0.4, -0.2) is 11.0 Å². The van der Waals surface area contributed by atoms with Crippen LogP contribution in [-0.2, 0) is 17.4 Å². The van der Waals surface area contributed by atoms with Crippen LogP contribution in [0, 0.1) is 0 Å². The highest BCUT2D eigenvalue weighted by atomic mass is 19.4. The second kappa shape index (κ2) is 4.51. The zero-order valence-electron chi connectivity index (χ0n) is 8.76. The first-order valence-electron chi connectivity index (χ1n) is 4.59. The van der Waals surface area contributed by atoms with E-state index in [0.29, 0.717) is 0 Å². The molecule has 0 amide bonds. The predicted molar refractivity (Wildman–Crippen MR) is 49.9 cm³/mol. The Hall–Kier alpha value is -1.59. The standard InChI is InChI=1S/C10H10F3NO2/c1-3-7-4-5-14-9(16-6(2)15)8(7)10(11,12)13/h4-5H,3H2,1-2H3. The van der Waals surface area contributed by atoms with E-state index in [1.807, 2.05) is 0 Å². The smallest absolute Gasteiger partial charge is 0.407 e. The summed E-state index contributed by atoms with van der Waals surface area (Å²) in [6.45, 7) is 2.61. The lowest BCUT2D eigenvalue weighted by atomic mass is 10.1. The maximum Gasteiger partial charge on any atom is 0.421 e. The van der Waals surface area contributed by atoms with Gasteiger partial charge in [-0.15, -0.1) is 0 Å². The van der Waals surface area contributed by atoms with E-state index in [2.05, 4.69) is 9.72 Å². The van der Waals surface area contributed by atoms with E-state index in [1.165, 1.54) is 12.3 Å². The summed E-state index contributed by atoms with van der Waals surface area (Å²) < 4.78 is 42.6. The highest BCUT2D eigenvalue weighted by Gasteiger charge is 2.38. The van der Waals surface area contributed by atoms with E-state index in [4.69, 9.17) is 0 Å². The van der Waals surface area contributed by atoms with Gasteiger partial charge >= 0.3 is 12.1 Å². The van der Waals surface area contributed by atoms with Gasteiger partial charge in [0.05, 0.1) is 0 Å². The molecule has 0 unspecified atom stereocenters. The van der Waals surface area contributed by atoms with Crippen molar-refractivity contribution in [2.24, 2.45) is 0 Å². The first-order valence-corrected chi connectivity index (χ1v) is 4.59.